The zero-order valence-corrected chi connectivity index (χ0v) is 19.5. The van der Waals surface area contributed by atoms with Gasteiger partial charge in [0.05, 0.1) is 23.9 Å². The smallest absolute Gasteiger partial charge is 0.174 e. The van der Waals surface area contributed by atoms with Crippen LogP contribution >= 0.6 is 23.5 Å². The van der Waals surface area contributed by atoms with Crippen molar-refractivity contribution in [3.8, 4) is 0 Å². The standard InChI is InChI=1S/2C8H10N2OS2.Ni/c2*1-6(7-4-3-5-11-7)9-10-8(12)13-2;/h2*3-5H,1-2H3,(H,10,12);. The molecule has 0 aliphatic rings. The molecule has 0 unspecified atom stereocenters. The summed E-state index contributed by atoms with van der Waals surface area (Å²) >= 11 is 11.0. The molecule has 0 aliphatic heterocycles. The molecule has 0 saturated heterocycles. The van der Waals surface area contributed by atoms with Crippen molar-refractivity contribution in [3.63, 3.8) is 0 Å². The topological polar surface area (TPSA) is 79.2 Å². The summed E-state index contributed by atoms with van der Waals surface area (Å²) in [4.78, 5) is 0. The fraction of sp³-hybridized carbons (Fsp3) is 0.250. The number of hydrogen-bond acceptors (Lipinski definition) is 6. The molecule has 0 saturated carbocycles. The molecule has 2 aromatic rings. The van der Waals surface area contributed by atoms with E-state index in [2.05, 4.69) is 45.5 Å². The molecule has 0 spiro atoms. The van der Waals surface area contributed by atoms with Crippen LogP contribution in [-0.2, 0) is 40.9 Å². The van der Waals surface area contributed by atoms with Gasteiger partial charge in [0.15, 0.2) is 33.1 Å². The van der Waals surface area contributed by atoms with E-state index >= 15 is 0 Å². The Labute approximate surface area is 188 Å². The Balaban J connectivity index is 0.000000483. The first-order valence-corrected chi connectivity index (χ1v) is 10.6. The Kier molecular flexibility index (Phi) is 14.3. The van der Waals surface area contributed by atoms with Crippen molar-refractivity contribution < 1.29 is 25.3 Å². The first-order chi connectivity index (χ1) is 12.5. The van der Waals surface area contributed by atoms with Gasteiger partial charge in [-0.2, -0.15) is 0 Å². The predicted molar refractivity (Wildman–Crippen MR) is 123 cm³/mol. The Morgan fingerprint density at radius 1 is 0.852 bits per heavy atom. The second-order valence-electron chi connectivity index (χ2n) is 4.50. The molecule has 0 bridgehead atoms. The summed E-state index contributed by atoms with van der Waals surface area (Å²) in [6, 6.07) is 7.31. The van der Waals surface area contributed by atoms with Crippen LogP contribution in [0.3, 0.4) is 0 Å². The van der Waals surface area contributed by atoms with E-state index in [0.717, 1.165) is 22.9 Å². The molecule has 150 valence electrons. The first kappa shape index (κ1) is 25.9. The molecule has 0 radical (unpaired) electrons. The minimum atomic E-state index is 0. The van der Waals surface area contributed by atoms with Crippen LogP contribution in [0.2, 0.25) is 0 Å². The molecule has 0 aliphatic carbocycles. The van der Waals surface area contributed by atoms with Crippen molar-refractivity contribution in [1.82, 2.24) is 0 Å². The number of thiol groups is 2. The van der Waals surface area contributed by atoms with Crippen molar-refractivity contribution in [3.05, 3.63) is 59.2 Å². The molecule has 2 heterocycles. The van der Waals surface area contributed by atoms with E-state index in [1.165, 1.54) is 23.5 Å². The number of nitrogens with zero attached hydrogens (tertiary/aromatic N) is 4. The summed E-state index contributed by atoms with van der Waals surface area (Å²) < 4.78 is 11.5. The molecule has 0 aromatic carbocycles. The Bertz CT molecular complexity index is 682. The van der Waals surface area contributed by atoms with Gasteiger partial charge >= 0.3 is 0 Å². The van der Waals surface area contributed by atoms with E-state index in [1.54, 1.807) is 12.5 Å². The second-order valence-corrected chi connectivity index (χ2v) is 7.54. The predicted octanol–water partition coefficient (Wildman–Crippen LogP) is 4.21. The van der Waals surface area contributed by atoms with Gasteiger partial charge in [-0.05, 0) is 50.6 Å². The van der Waals surface area contributed by atoms with Crippen LogP contribution in [0.15, 0.2) is 55.8 Å². The molecule has 6 nitrogen and oxygen atoms in total. The van der Waals surface area contributed by atoms with Gasteiger partial charge in [-0.25, -0.2) is 0 Å². The molecule has 2 rings (SSSR count). The molecule has 0 amide bonds. The minimum Gasteiger partial charge on any atom is -0.519 e. The molecule has 11 heteroatoms. The fourth-order valence-electron chi connectivity index (χ4n) is 1.38. The Hall–Kier alpha value is -1.13. The maximum absolute atomic E-state index is 5.13. The van der Waals surface area contributed by atoms with Crippen LogP contribution in [0.1, 0.15) is 25.4 Å². The number of thioether (sulfide) groups is 2. The summed E-state index contributed by atoms with van der Waals surface area (Å²) in [6.07, 6.45) is 7.00. The van der Waals surface area contributed by atoms with E-state index in [0.29, 0.717) is 8.64 Å². The molecule has 0 atom stereocenters. The number of rotatable bonds is 4. The zero-order valence-electron chi connectivity index (χ0n) is 15.1. The second kappa shape index (κ2) is 14.9. The molecular weight excluding hydrogens is 467 g/mol. The largest absolute Gasteiger partial charge is 0.519 e. The Morgan fingerprint density at radius 2 is 1.22 bits per heavy atom. The van der Waals surface area contributed by atoms with E-state index in [-0.39, 0.29) is 16.5 Å². The third-order valence-electron chi connectivity index (χ3n) is 2.69. The summed E-state index contributed by atoms with van der Waals surface area (Å²) in [5.41, 5.74) is 9.22. The summed E-state index contributed by atoms with van der Waals surface area (Å²) in [5, 5.41) is 7.90. The Morgan fingerprint density at radius 3 is 1.48 bits per heavy atom. The van der Waals surface area contributed by atoms with Gasteiger partial charge in [-0.15, -0.1) is 0 Å². The quantitative estimate of drug-likeness (QED) is 0.162. The van der Waals surface area contributed by atoms with Crippen LogP contribution in [0.25, 0.3) is 10.9 Å². The number of hydrogen-bond donors (Lipinski definition) is 0. The van der Waals surface area contributed by atoms with Gasteiger partial charge < -0.3 is 29.9 Å². The van der Waals surface area contributed by atoms with Crippen LogP contribution in [-0.4, -0.2) is 32.6 Å². The van der Waals surface area contributed by atoms with Gasteiger partial charge in [0.2, 0.25) is 0 Å². The normalized spacial score (nSPS) is 11.0. The fourth-order valence-corrected chi connectivity index (χ4v) is 1.72. The summed E-state index contributed by atoms with van der Waals surface area (Å²) in [5.74, 6) is 1.46. The van der Waals surface area contributed by atoms with Crippen LogP contribution in [0.5, 0.6) is 0 Å². The molecular formula is C16H20N4NiO2S4. The van der Waals surface area contributed by atoms with Gasteiger partial charge in [0.1, 0.15) is 11.5 Å². The number of furan rings is 2. The van der Waals surface area contributed by atoms with Crippen molar-refractivity contribution in [1.29, 1.82) is 0 Å². The van der Waals surface area contributed by atoms with Gasteiger partial charge in [0, 0.05) is 16.5 Å². The summed E-state index contributed by atoms with van der Waals surface area (Å²) in [7, 11) is 0. The third-order valence-corrected chi connectivity index (χ3v) is 4.86. The van der Waals surface area contributed by atoms with Gasteiger partial charge in [-0.3, -0.25) is 0 Å². The van der Waals surface area contributed by atoms with Gasteiger partial charge in [0.25, 0.3) is 0 Å². The van der Waals surface area contributed by atoms with Crippen molar-refractivity contribution in [2.45, 2.75) is 13.8 Å². The monoisotopic (exact) mass is 486 g/mol. The molecule has 0 N–H and O–H groups in total. The van der Waals surface area contributed by atoms with E-state index < -0.39 is 0 Å². The third kappa shape index (κ3) is 10.7. The summed E-state index contributed by atoms with van der Waals surface area (Å²) in [6.45, 7) is 3.67. The molecule has 27 heavy (non-hydrogen) atoms. The van der Waals surface area contributed by atoms with Gasteiger partial charge in [-0.1, -0.05) is 23.5 Å². The van der Waals surface area contributed by atoms with E-state index in [9.17, 15) is 0 Å². The first-order valence-electron chi connectivity index (χ1n) is 7.26. The molecule has 0 fully saturated rings. The van der Waals surface area contributed by atoms with Crippen molar-refractivity contribution >= 4 is 68.0 Å². The zero-order chi connectivity index (χ0) is 19.4. The van der Waals surface area contributed by atoms with Crippen molar-refractivity contribution in [2.24, 2.45) is 10.2 Å². The average molecular weight is 487 g/mol. The van der Waals surface area contributed by atoms with Crippen molar-refractivity contribution in [2.75, 3.05) is 12.5 Å². The minimum absolute atomic E-state index is 0. The maximum atomic E-state index is 5.13. The van der Waals surface area contributed by atoms with Crippen LogP contribution < -0.4 is 0 Å². The molecule has 2 aromatic heterocycles. The van der Waals surface area contributed by atoms with E-state index in [4.69, 9.17) is 8.83 Å². The SMILES string of the molecule is CSC(=[SH+])[N-]N=C(C)c1ccco1.CSC(=[SH+])[N-]N=C(C)c1ccco1.[Ni]. The van der Waals surface area contributed by atoms with E-state index in [1.807, 2.05) is 50.6 Å². The van der Waals surface area contributed by atoms with Crippen LogP contribution in [0.4, 0.5) is 0 Å². The van der Waals surface area contributed by atoms with Crippen LogP contribution in [0, 0.1) is 0 Å². The maximum Gasteiger partial charge on any atom is 0.174 e. The average Bonchev–Trinajstić information content (AvgIpc) is 3.37.